The standard InChI is InChI=1S/C11H16N2O/c1-11(2,14-3)6-8-13-7-4-5-10(13)9-12/h4-5,7H,6,8H2,1-3H3. The van der Waals surface area contributed by atoms with Gasteiger partial charge in [-0.1, -0.05) is 0 Å². The van der Waals surface area contributed by atoms with E-state index in [0.717, 1.165) is 13.0 Å². The van der Waals surface area contributed by atoms with Crippen LogP contribution in [0.2, 0.25) is 0 Å². The zero-order chi connectivity index (χ0) is 10.6. The normalized spacial score (nSPS) is 11.3. The highest BCUT2D eigenvalue weighted by atomic mass is 16.5. The third kappa shape index (κ3) is 2.61. The zero-order valence-electron chi connectivity index (χ0n) is 8.95. The van der Waals surface area contributed by atoms with Crippen molar-refractivity contribution in [1.29, 1.82) is 5.26 Å². The van der Waals surface area contributed by atoms with Crippen LogP contribution in [0.3, 0.4) is 0 Å². The number of rotatable bonds is 4. The number of aryl methyl sites for hydroxylation is 1. The van der Waals surface area contributed by atoms with E-state index in [1.165, 1.54) is 0 Å². The maximum Gasteiger partial charge on any atom is 0.120 e. The van der Waals surface area contributed by atoms with Crippen LogP contribution in [0.1, 0.15) is 26.0 Å². The minimum absolute atomic E-state index is 0.128. The molecule has 0 unspecified atom stereocenters. The Kier molecular flexibility index (Phi) is 3.32. The molecular formula is C11H16N2O. The van der Waals surface area contributed by atoms with Gasteiger partial charge in [-0.3, -0.25) is 0 Å². The fraction of sp³-hybridized carbons (Fsp3) is 0.545. The number of nitriles is 1. The van der Waals surface area contributed by atoms with Gasteiger partial charge in [-0.2, -0.15) is 5.26 Å². The van der Waals surface area contributed by atoms with Gasteiger partial charge in [0.2, 0.25) is 0 Å². The molecular weight excluding hydrogens is 176 g/mol. The predicted octanol–water partition coefficient (Wildman–Crippen LogP) is 2.17. The van der Waals surface area contributed by atoms with Gasteiger partial charge in [0.05, 0.1) is 5.60 Å². The average Bonchev–Trinajstić information content (AvgIpc) is 2.62. The molecule has 0 aliphatic rings. The molecule has 3 heteroatoms. The molecule has 1 aromatic heterocycles. The van der Waals surface area contributed by atoms with Gasteiger partial charge in [-0.15, -0.1) is 0 Å². The number of ether oxygens (including phenoxy) is 1. The Labute approximate surface area is 84.9 Å². The maximum absolute atomic E-state index is 8.79. The van der Waals surface area contributed by atoms with Crippen molar-refractivity contribution in [3.63, 3.8) is 0 Å². The van der Waals surface area contributed by atoms with Crippen LogP contribution in [-0.4, -0.2) is 17.3 Å². The third-order valence-corrected chi connectivity index (χ3v) is 2.45. The van der Waals surface area contributed by atoms with E-state index in [2.05, 4.69) is 6.07 Å². The first kappa shape index (κ1) is 10.8. The van der Waals surface area contributed by atoms with Crippen LogP contribution >= 0.6 is 0 Å². The summed E-state index contributed by atoms with van der Waals surface area (Å²) in [5.41, 5.74) is 0.577. The quantitative estimate of drug-likeness (QED) is 0.733. The van der Waals surface area contributed by atoms with E-state index >= 15 is 0 Å². The monoisotopic (exact) mass is 192 g/mol. The maximum atomic E-state index is 8.79. The number of nitrogens with zero attached hydrogens (tertiary/aromatic N) is 2. The molecule has 0 bridgehead atoms. The second kappa shape index (κ2) is 4.30. The van der Waals surface area contributed by atoms with E-state index in [1.54, 1.807) is 7.11 Å². The van der Waals surface area contributed by atoms with Crippen molar-refractivity contribution >= 4 is 0 Å². The molecule has 0 fully saturated rings. The lowest BCUT2D eigenvalue weighted by atomic mass is 10.1. The summed E-state index contributed by atoms with van der Waals surface area (Å²) in [5, 5.41) is 8.79. The van der Waals surface area contributed by atoms with Crippen LogP contribution in [0.4, 0.5) is 0 Å². The van der Waals surface area contributed by atoms with Crippen LogP contribution in [-0.2, 0) is 11.3 Å². The molecule has 0 amide bonds. The SMILES string of the molecule is COC(C)(C)CCn1cccc1C#N. The van der Waals surface area contributed by atoms with Crippen molar-refractivity contribution in [2.75, 3.05) is 7.11 Å². The Morgan fingerprint density at radius 3 is 2.86 bits per heavy atom. The summed E-state index contributed by atoms with van der Waals surface area (Å²) in [6, 6.07) is 5.86. The van der Waals surface area contributed by atoms with Crippen molar-refractivity contribution in [3.05, 3.63) is 24.0 Å². The molecule has 1 heterocycles. The average molecular weight is 192 g/mol. The van der Waals surface area contributed by atoms with Crippen molar-refractivity contribution in [1.82, 2.24) is 4.57 Å². The summed E-state index contributed by atoms with van der Waals surface area (Å²) in [7, 11) is 1.71. The third-order valence-electron chi connectivity index (χ3n) is 2.45. The summed E-state index contributed by atoms with van der Waals surface area (Å²) in [5.74, 6) is 0. The molecule has 0 N–H and O–H groups in total. The van der Waals surface area contributed by atoms with Gasteiger partial charge in [-0.05, 0) is 32.4 Å². The first-order valence-corrected chi connectivity index (χ1v) is 4.69. The van der Waals surface area contributed by atoms with Gasteiger partial charge < -0.3 is 9.30 Å². The van der Waals surface area contributed by atoms with E-state index in [0.29, 0.717) is 5.69 Å². The molecule has 0 radical (unpaired) electrons. The van der Waals surface area contributed by atoms with Gasteiger partial charge in [0.1, 0.15) is 11.8 Å². The molecule has 0 saturated heterocycles. The highest BCUT2D eigenvalue weighted by Gasteiger charge is 2.16. The first-order valence-electron chi connectivity index (χ1n) is 4.69. The van der Waals surface area contributed by atoms with Crippen LogP contribution in [0.15, 0.2) is 18.3 Å². The second-order valence-corrected chi connectivity index (χ2v) is 3.91. The molecule has 0 saturated carbocycles. The molecule has 0 atom stereocenters. The van der Waals surface area contributed by atoms with Gasteiger partial charge in [0.25, 0.3) is 0 Å². The zero-order valence-corrected chi connectivity index (χ0v) is 8.95. The second-order valence-electron chi connectivity index (χ2n) is 3.91. The lowest BCUT2D eigenvalue weighted by Crippen LogP contribution is -2.24. The van der Waals surface area contributed by atoms with Gasteiger partial charge in [-0.25, -0.2) is 0 Å². The molecule has 76 valence electrons. The lowest BCUT2D eigenvalue weighted by Gasteiger charge is -2.23. The van der Waals surface area contributed by atoms with Crippen molar-refractivity contribution in [2.24, 2.45) is 0 Å². The largest absolute Gasteiger partial charge is 0.379 e. The Bertz CT molecular complexity index is 333. The van der Waals surface area contributed by atoms with E-state index in [4.69, 9.17) is 10.00 Å². The van der Waals surface area contributed by atoms with Crippen LogP contribution in [0, 0.1) is 11.3 Å². The summed E-state index contributed by atoms with van der Waals surface area (Å²) < 4.78 is 7.26. The summed E-state index contributed by atoms with van der Waals surface area (Å²) in [4.78, 5) is 0. The Morgan fingerprint density at radius 2 is 2.29 bits per heavy atom. The van der Waals surface area contributed by atoms with Gasteiger partial charge >= 0.3 is 0 Å². The molecule has 14 heavy (non-hydrogen) atoms. The van der Waals surface area contributed by atoms with E-state index < -0.39 is 0 Å². The Balaban J connectivity index is 2.59. The molecule has 0 spiro atoms. The Hall–Kier alpha value is -1.27. The topological polar surface area (TPSA) is 38.0 Å². The lowest BCUT2D eigenvalue weighted by molar-refractivity contribution is 0.0120. The van der Waals surface area contributed by atoms with Crippen molar-refractivity contribution in [2.45, 2.75) is 32.4 Å². The predicted molar refractivity (Wildman–Crippen MR) is 54.9 cm³/mol. The molecule has 1 aromatic rings. The molecule has 0 aliphatic heterocycles. The molecule has 0 aliphatic carbocycles. The van der Waals surface area contributed by atoms with E-state index in [-0.39, 0.29) is 5.60 Å². The van der Waals surface area contributed by atoms with Crippen LogP contribution < -0.4 is 0 Å². The number of aromatic nitrogens is 1. The molecule has 1 rings (SSSR count). The van der Waals surface area contributed by atoms with Crippen molar-refractivity contribution in [3.8, 4) is 6.07 Å². The number of hydrogen-bond donors (Lipinski definition) is 0. The molecule has 3 nitrogen and oxygen atoms in total. The summed E-state index contributed by atoms with van der Waals surface area (Å²) >= 11 is 0. The smallest absolute Gasteiger partial charge is 0.120 e. The van der Waals surface area contributed by atoms with Crippen LogP contribution in [0.25, 0.3) is 0 Å². The minimum Gasteiger partial charge on any atom is -0.379 e. The van der Waals surface area contributed by atoms with Crippen molar-refractivity contribution < 1.29 is 4.74 Å². The number of hydrogen-bond acceptors (Lipinski definition) is 2. The highest BCUT2D eigenvalue weighted by Crippen LogP contribution is 2.15. The first-order chi connectivity index (χ1) is 6.59. The summed E-state index contributed by atoms with van der Waals surface area (Å²) in [6.45, 7) is 4.90. The van der Waals surface area contributed by atoms with Gasteiger partial charge in [0, 0.05) is 19.9 Å². The minimum atomic E-state index is -0.128. The highest BCUT2D eigenvalue weighted by molar-refractivity contribution is 5.21. The van der Waals surface area contributed by atoms with E-state index in [9.17, 15) is 0 Å². The fourth-order valence-electron chi connectivity index (χ4n) is 1.20. The van der Waals surface area contributed by atoms with Crippen LogP contribution in [0.5, 0.6) is 0 Å². The summed E-state index contributed by atoms with van der Waals surface area (Å²) in [6.07, 6.45) is 2.82. The van der Waals surface area contributed by atoms with Gasteiger partial charge in [0.15, 0.2) is 0 Å². The Morgan fingerprint density at radius 1 is 1.57 bits per heavy atom. The number of methoxy groups -OCH3 is 1. The van der Waals surface area contributed by atoms with E-state index in [1.807, 2.05) is 36.7 Å². The molecule has 0 aromatic carbocycles. The fourth-order valence-corrected chi connectivity index (χ4v) is 1.20.